The maximum atomic E-state index is 11.6. The van der Waals surface area contributed by atoms with Gasteiger partial charge < -0.3 is 20.5 Å². The number of hydrogen-bond donors (Lipinski definition) is 4. The van der Waals surface area contributed by atoms with Crippen LogP contribution in [0.3, 0.4) is 0 Å². The lowest BCUT2D eigenvalue weighted by atomic mass is 9.68. The van der Waals surface area contributed by atoms with Gasteiger partial charge in [0.15, 0.2) is 0 Å². The zero-order chi connectivity index (χ0) is 20.5. The van der Waals surface area contributed by atoms with Gasteiger partial charge in [0.1, 0.15) is 5.75 Å². The molecule has 4 unspecified atom stereocenters. The smallest absolute Gasteiger partial charge is 0.248 e. The summed E-state index contributed by atoms with van der Waals surface area (Å²) in [5, 5.41) is 25.2. The fourth-order valence-corrected chi connectivity index (χ4v) is 6.07. The van der Waals surface area contributed by atoms with Gasteiger partial charge >= 0.3 is 0 Å². The lowest BCUT2D eigenvalue weighted by Gasteiger charge is -2.38. The number of H-pyrrole nitrogens is 1. The molecule has 5 heteroatoms. The molecule has 2 aromatic rings. The van der Waals surface area contributed by atoms with Crippen LogP contribution in [0.5, 0.6) is 5.75 Å². The average Bonchev–Trinajstić information content (AvgIpc) is 3.11. The standard InChI is InChI=1S/C24H34N2O3/c1-3-14-7-16-9-18(10-17(16)8-15(14)4-2)25-13-23(28)21-11-19(27)12-22-20(21)5-6-24(29)26-22/h5-6,11-12,14-18,23,25,27-28H,3-4,7-10,13H2,1-2H3,(H,26,29)/t14?,15?,16?,17?,18?,23-/m0/s1. The molecule has 0 bridgehead atoms. The van der Waals surface area contributed by atoms with Crippen LogP contribution in [0.4, 0.5) is 0 Å². The number of nitrogens with one attached hydrogen (secondary N) is 2. The van der Waals surface area contributed by atoms with Crippen molar-refractivity contribution < 1.29 is 10.2 Å². The van der Waals surface area contributed by atoms with Crippen LogP contribution in [0.2, 0.25) is 0 Å². The van der Waals surface area contributed by atoms with Crippen LogP contribution < -0.4 is 10.9 Å². The van der Waals surface area contributed by atoms with E-state index in [1.807, 2.05) is 0 Å². The van der Waals surface area contributed by atoms with Gasteiger partial charge in [-0.05, 0) is 67.1 Å². The van der Waals surface area contributed by atoms with Crippen molar-refractivity contribution in [1.82, 2.24) is 10.3 Å². The number of hydrogen-bond acceptors (Lipinski definition) is 4. The molecule has 2 saturated carbocycles. The molecule has 4 rings (SSSR count). The summed E-state index contributed by atoms with van der Waals surface area (Å²) in [6.07, 6.45) is 7.01. The Hall–Kier alpha value is -1.85. The highest BCUT2D eigenvalue weighted by Gasteiger charge is 2.41. The van der Waals surface area contributed by atoms with Crippen LogP contribution in [0.15, 0.2) is 29.1 Å². The van der Waals surface area contributed by atoms with E-state index in [-0.39, 0.29) is 11.3 Å². The topological polar surface area (TPSA) is 85.3 Å². The summed E-state index contributed by atoms with van der Waals surface area (Å²) >= 11 is 0. The number of aliphatic hydroxyl groups excluding tert-OH is 1. The van der Waals surface area contributed by atoms with Crippen LogP contribution in [0, 0.1) is 23.7 Å². The highest BCUT2D eigenvalue weighted by molar-refractivity contribution is 5.84. The van der Waals surface area contributed by atoms with Gasteiger partial charge in [-0.25, -0.2) is 0 Å². The maximum Gasteiger partial charge on any atom is 0.248 e. The molecule has 1 aromatic carbocycles. The molecule has 0 aliphatic heterocycles. The van der Waals surface area contributed by atoms with E-state index in [0.29, 0.717) is 23.7 Å². The number of pyridine rings is 1. The number of benzene rings is 1. The summed E-state index contributed by atoms with van der Waals surface area (Å²) in [5.41, 5.74) is 0.983. The van der Waals surface area contributed by atoms with E-state index in [4.69, 9.17) is 0 Å². The first kappa shape index (κ1) is 20.4. The fourth-order valence-electron chi connectivity index (χ4n) is 6.07. The minimum atomic E-state index is -0.732. The zero-order valence-corrected chi connectivity index (χ0v) is 17.5. The van der Waals surface area contributed by atoms with E-state index in [2.05, 4.69) is 24.1 Å². The summed E-state index contributed by atoms with van der Waals surface area (Å²) in [6.45, 7) is 5.12. The quantitative estimate of drug-likeness (QED) is 0.590. The Balaban J connectivity index is 1.42. The highest BCUT2D eigenvalue weighted by Crippen LogP contribution is 2.48. The highest BCUT2D eigenvalue weighted by atomic mass is 16.3. The average molecular weight is 399 g/mol. The van der Waals surface area contributed by atoms with Crippen molar-refractivity contribution in [2.45, 2.75) is 64.5 Å². The predicted molar refractivity (Wildman–Crippen MR) is 116 cm³/mol. The molecular formula is C24H34N2O3. The van der Waals surface area contributed by atoms with Crippen molar-refractivity contribution in [3.05, 3.63) is 40.2 Å². The maximum absolute atomic E-state index is 11.6. The summed E-state index contributed by atoms with van der Waals surface area (Å²) < 4.78 is 0. The van der Waals surface area contributed by atoms with Gasteiger partial charge in [0, 0.05) is 30.1 Å². The third-order valence-electron chi connectivity index (χ3n) is 7.58. The summed E-state index contributed by atoms with van der Waals surface area (Å²) in [4.78, 5) is 14.3. The molecule has 5 atom stereocenters. The van der Waals surface area contributed by atoms with Gasteiger partial charge in [0.2, 0.25) is 5.56 Å². The molecule has 4 N–H and O–H groups in total. The first-order chi connectivity index (χ1) is 14.0. The Morgan fingerprint density at radius 1 is 1.07 bits per heavy atom. The van der Waals surface area contributed by atoms with Crippen molar-refractivity contribution in [2.75, 3.05) is 6.54 Å². The van der Waals surface area contributed by atoms with Gasteiger partial charge in [-0.1, -0.05) is 26.7 Å². The van der Waals surface area contributed by atoms with Crippen LogP contribution in [-0.4, -0.2) is 27.8 Å². The third-order valence-corrected chi connectivity index (χ3v) is 7.58. The van der Waals surface area contributed by atoms with Gasteiger partial charge in [-0.3, -0.25) is 4.79 Å². The van der Waals surface area contributed by atoms with Crippen LogP contribution in [0.1, 0.15) is 64.0 Å². The largest absolute Gasteiger partial charge is 0.508 e. The van der Waals surface area contributed by atoms with E-state index >= 15 is 0 Å². The number of aliphatic hydroxyl groups is 1. The molecule has 2 aliphatic rings. The van der Waals surface area contributed by atoms with Gasteiger partial charge in [-0.2, -0.15) is 0 Å². The Morgan fingerprint density at radius 3 is 2.34 bits per heavy atom. The number of rotatable bonds is 6. The molecule has 1 aromatic heterocycles. The number of aromatic amines is 1. The number of phenolic OH excluding ortho intramolecular Hbond substituents is 1. The van der Waals surface area contributed by atoms with E-state index in [1.54, 1.807) is 12.1 Å². The molecule has 2 aliphatic carbocycles. The third kappa shape index (κ3) is 4.22. The second-order valence-electron chi connectivity index (χ2n) is 9.24. The summed E-state index contributed by atoms with van der Waals surface area (Å²) in [7, 11) is 0. The molecular weight excluding hydrogens is 364 g/mol. The van der Waals surface area contributed by atoms with Crippen LogP contribution in [0.25, 0.3) is 10.9 Å². The lowest BCUT2D eigenvalue weighted by molar-refractivity contribution is 0.126. The second kappa shape index (κ2) is 8.49. The van der Waals surface area contributed by atoms with E-state index in [1.165, 1.54) is 50.7 Å². The Bertz CT molecular complexity index is 889. The monoisotopic (exact) mass is 398 g/mol. The van der Waals surface area contributed by atoms with Crippen molar-refractivity contribution in [1.29, 1.82) is 0 Å². The van der Waals surface area contributed by atoms with Crippen molar-refractivity contribution in [3.63, 3.8) is 0 Å². The van der Waals surface area contributed by atoms with Crippen molar-refractivity contribution >= 4 is 10.9 Å². The molecule has 29 heavy (non-hydrogen) atoms. The molecule has 0 saturated heterocycles. The minimum Gasteiger partial charge on any atom is -0.508 e. The number of phenols is 1. The lowest BCUT2D eigenvalue weighted by Crippen LogP contribution is -2.31. The predicted octanol–water partition coefficient (Wildman–Crippen LogP) is 4.10. The molecule has 5 nitrogen and oxygen atoms in total. The van der Waals surface area contributed by atoms with Gasteiger partial charge in [0.05, 0.1) is 11.6 Å². The first-order valence-electron chi connectivity index (χ1n) is 11.3. The van der Waals surface area contributed by atoms with Crippen molar-refractivity contribution in [3.8, 4) is 5.75 Å². The van der Waals surface area contributed by atoms with Gasteiger partial charge in [-0.15, -0.1) is 0 Å². The minimum absolute atomic E-state index is 0.0523. The van der Waals surface area contributed by atoms with Gasteiger partial charge in [0.25, 0.3) is 0 Å². The SMILES string of the molecule is CCC1CC2CC(NC[C@H](O)c3cc(O)cc4[nH]c(=O)ccc34)CC2CC1CC. The molecule has 0 amide bonds. The number of aromatic hydroxyl groups is 1. The van der Waals surface area contributed by atoms with E-state index in [0.717, 1.165) is 29.1 Å². The number of fused-ring (bicyclic) bond motifs is 2. The Labute approximate surface area is 172 Å². The zero-order valence-electron chi connectivity index (χ0n) is 17.5. The van der Waals surface area contributed by atoms with Crippen molar-refractivity contribution in [2.24, 2.45) is 23.7 Å². The molecule has 1 heterocycles. The Morgan fingerprint density at radius 2 is 1.72 bits per heavy atom. The number of aromatic nitrogens is 1. The molecule has 2 fully saturated rings. The molecule has 0 spiro atoms. The fraction of sp³-hybridized carbons (Fsp3) is 0.625. The Kier molecular flexibility index (Phi) is 5.98. The van der Waals surface area contributed by atoms with Crippen LogP contribution in [-0.2, 0) is 0 Å². The van der Waals surface area contributed by atoms with Crippen LogP contribution >= 0.6 is 0 Å². The van der Waals surface area contributed by atoms with E-state index < -0.39 is 6.10 Å². The normalized spacial score (nSPS) is 30.4. The summed E-state index contributed by atoms with van der Waals surface area (Å²) in [6, 6.07) is 6.75. The summed E-state index contributed by atoms with van der Waals surface area (Å²) in [5.74, 6) is 3.46. The van der Waals surface area contributed by atoms with E-state index in [9.17, 15) is 15.0 Å². The second-order valence-corrected chi connectivity index (χ2v) is 9.24. The first-order valence-corrected chi connectivity index (χ1v) is 11.3. The molecule has 0 radical (unpaired) electrons. The molecule has 158 valence electrons.